The van der Waals surface area contributed by atoms with Gasteiger partial charge in [-0.25, -0.2) is 0 Å². The number of aromatic nitrogens is 1. The summed E-state index contributed by atoms with van der Waals surface area (Å²) in [6.45, 7) is 3.71. The van der Waals surface area contributed by atoms with Gasteiger partial charge in [0.25, 0.3) is 5.56 Å². The molecule has 0 saturated carbocycles. The maximum absolute atomic E-state index is 12.3. The van der Waals surface area contributed by atoms with Gasteiger partial charge in [0.05, 0.1) is 21.3 Å². The molecule has 0 atom stereocenters. The first-order valence-electron chi connectivity index (χ1n) is 6.16. The summed E-state index contributed by atoms with van der Waals surface area (Å²) in [4.78, 5) is 23.7. The van der Waals surface area contributed by atoms with Crippen molar-refractivity contribution < 1.29 is 4.79 Å². The Labute approximate surface area is 126 Å². The molecule has 0 bridgehead atoms. The van der Waals surface area contributed by atoms with Crippen LogP contribution in [0.1, 0.15) is 24.2 Å². The van der Waals surface area contributed by atoms with Crippen LogP contribution in [0.3, 0.4) is 0 Å². The molecule has 0 aliphatic heterocycles. The van der Waals surface area contributed by atoms with Crippen LogP contribution in [0.4, 0.5) is 0 Å². The number of Topliss-reactive ketones (excluding diaryl/α,β-unsaturated/α-hetero) is 1. The van der Waals surface area contributed by atoms with Crippen LogP contribution < -0.4 is 5.56 Å². The van der Waals surface area contributed by atoms with E-state index in [0.717, 1.165) is 5.56 Å². The van der Waals surface area contributed by atoms with Gasteiger partial charge >= 0.3 is 0 Å². The lowest BCUT2D eigenvalue weighted by atomic mass is 10.1. The normalized spacial score (nSPS) is 10.6. The van der Waals surface area contributed by atoms with Gasteiger partial charge in [0, 0.05) is 6.54 Å². The van der Waals surface area contributed by atoms with Gasteiger partial charge < -0.3 is 4.57 Å². The number of rotatable bonds is 3. The lowest BCUT2D eigenvalue weighted by Crippen LogP contribution is -2.26. The molecule has 1 aromatic heterocycles. The maximum Gasteiger partial charge on any atom is 0.261 e. The van der Waals surface area contributed by atoms with E-state index in [4.69, 9.17) is 23.2 Å². The smallest absolute Gasteiger partial charge is 0.261 e. The van der Waals surface area contributed by atoms with Gasteiger partial charge in [-0.1, -0.05) is 29.3 Å². The number of halogens is 2. The van der Waals surface area contributed by atoms with Gasteiger partial charge in [-0.3, -0.25) is 9.59 Å². The van der Waals surface area contributed by atoms with E-state index in [1.165, 1.54) is 6.92 Å². The highest BCUT2D eigenvalue weighted by atomic mass is 35.5. The minimum Gasteiger partial charge on any atom is -0.308 e. The minimum atomic E-state index is -0.288. The van der Waals surface area contributed by atoms with Crippen molar-refractivity contribution in [3.63, 3.8) is 0 Å². The number of hydrogen-bond acceptors (Lipinski definition) is 2. The molecule has 0 N–H and O–H groups in total. The zero-order valence-corrected chi connectivity index (χ0v) is 12.6. The second kappa shape index (κ2) is 5.81. The van der Waals surface area contributed by atoms with E-state index in [1.807, 2.05) is 6.92 Å². The van der Waals surface area contributed by atoms with E-state index in [0.29, 0.717) is 22.3 Å². The molecule has 1 heterocycles. The summed E-state index contributed by atoms with van der Waals surface area (Å²) in [7, 11) is 0. The molecule has 20 heavy (non-hydrogen) atoms. The zero-order chi connectivity index (χ0) is 14.9. The Morgan fingerprint density at radius 3 is 2.40 bits per heavy atom. The van der Waals surface area contributed by atoms with E-state index in [1.54, 1.807) is 34.9 Å². The molecule has 2 rings (SSSR count). The van der Waals surface area contributed by atoms with Crippen LogP contribution in [-0.4, -0.2) is 10.4 Å². The van der Waals surface area contributed by atoms with Crippen molar-refractivity contribution in [1.29, 1.82) is 0 Å². The van der Waals surface area contributed by atoms with Crippen LogP contribution in [0.5, 0.6) is 0 Å². The molecule has 0 spiro atoms. The summed E-state index contributed by atoms with van der Waals surface area (Å²) in [6, 6.07) is 8.49. The van der Waals surface area contributed by atoms with Crippen LogP contribution in [-0.2, 0) is 6.54 Å². The number of ketones is 1. The topological polar surface area (TPSA) is 39.1 Å². The number of carbonyl (C=O) groups excluding carboxylic acids is 1. The summed E-state index contributed by atoms with van der Waals surface area (Å²) < 4.78 is 1.55. The summed E-state index contributed by atoms with van der Waals surface area (Å²) in [5.74, 6) is -0.238. The third-order valence-corrected chi connectivity index (χ3v) is 3.82. The monoisotopic (exact) mass is 309 g/mol. The van der Waals surface area contributed by atoms with Crippen LogP contribution in [0.15, 0.2) is 35.1 Å². The predicted molar refractivity (Wildman–Crippen MR) is 81.8 cm³/mol. The SMILES string of the molecule is CCn1c(-c2ccc(Cl)c(Cl)c2)ccc(C(C)=O)c1=O. The molecule has 0 aliphatic rings. The molecule has 5 heteroatoms. The van der Waals surface area contributed by atoms with Crippen LogP contribution in [0, 0.1) is 0 Å². The molecule has 0 unspecified atom stereocenters. The Morgan fingerprint density at radius 2 is 1.85 bits per heavy atom. The van der Waals surface area contributed by atoms with Crippen LogP contribution in [0.2, 0.25) is 10.0 Å². The van der Waals surface area contributed by atoms with Gasteiger partial charge in [-0.2, -0.15) is 0 Å². The number of pyridine rings is 1. The molecule has 1 aromatic carbocycles. The summed E-state index contributed by atoms with van der Waals surface area (Å²) in [6.07, 6.45) is 0. The van der Waals surface area contributed by atoms with Crippen molar-refractivity contribution in [2.75, 3.05) is 0 Å². The quantitative estimate of drug-likeness (QED) is 0.802. The predicted octanol–water partition coefficient (Wildman–Crippen LogP) is 4.04. The van der Waals surface area contributed by atoms with Gasteiger partial charge in [0.15, 0.2) is 5.78 Å². The molecular weight excluding hydrogens is 297 g/mol. The van der Waals surface area contributed by atoms with E-state index in [2.05, 4.69) is 0 Å². The molecule has 0 radical (unpaired) electrons. The lowest BCUT2D eigenvalue weighted by Gasteiger charge is -2.13. The van der Waals surface area contributed by atoms with Crippen LogP contribution in [0.25, 0.3) is 11.3 Å². The van der Waals surface area contributed by atoms with E-state index >= 15 is 0 Å². The van der Waals surface area contributed by atoms with Crippen molar-refractivity contribution in [3.05, 3.63) is 56.3 Å². The van der Waals surface area contributed by atoms with Gasteiger partial charge in [0.2, 0.25) is 0 Å². The fourth-order valence-electron chi connectivity index (χ4n) is 2.07. The number of carbonyl (C=O) groups is 1. The fraction of sp³-hybridized carbons (Fsp3) is 0.200. The van der Waals surface area contributed by atoms with Crippen molar-refractivity contribution in [2.24, 2.45) is 0 Å². The third kappa shape index (κ3) is 2.65. The Bertz CT molecular complexity index is 735. The summed E-state index contributed by atoms with van der Waals surface area (Å²) in [5, 5.41) is 0.885. The van der Waals surface area contributed by atoms with Gasteiger partial charge in [-0.05, 0) is 43.7 Å². The highest BCUT2D eigenvalue weighted by Gasteiger charge is 2.12. The molecule has 0 amide bonds. The third-order valence-electron chi connectivity index (χ3n) is 3.09. The molecule has 0 saturated heterocycles. The van der Waals surface area contributed by atoms with Gasteiger partial charge in [-0.15, -0.1) is 0 Å². The second-order valence-electron chi connectivity index (χ2n) is 4.37. The Kier molecular flexibility index (Phi) is 4.31. The maximum atomic E-state index is 12.3. The Hall–Kier alpha value is -1.58. The van der Waals surface area contributed by atoms with E-state index in [9.17, 15) is 9.59 Å². The average molecular weight is 310 g/mol. The number of hydrogen-bond donors (Lipinski definition) is 0. The summed E-state index contributed by atoms with van der Waals surface area (Å²) in [5.41, 5.74) is 1.40. The molecule has 0 fully saturated rings. The largest absolute Gasteiger partial charge is 0.308 e. The van der Waals surface area contributed by atoms with Crippen molar-refractivity contribution in [2.45, 2.75) is 20.4 Å². The fourth-order valence-corrected chi connectivity index (χ4v) is 2.37. The van der Waals surface area contributed by atoms with Crippen LogP contribution >= 0.6 is 23.2 Å². The Morgan fingerprint density at radius 1 is 1.15 bits per heavy atom. The van der Waals surface area contributed by atoms with Crippen molar-refractivity contribution in [3.8, 4) is 11.3 Å². The first-order valence-corrected chi connectivity index (χ1v) is 6.91. The standard InChI is InChI=1S/C15H13Cl2NO2/c1-3-18-14(7-5-11(9(2)19)15(18)20)10-4-6-12(16)13(17)8-10/h4-8H,3H2,1-2H3. The molecular formula is C15H13Cl2NO2. The molecule has 2 aromatic rings. The molecule has 0 aliphatic carbocycles. The average Bonchev–Trinajstić information content (AvgIpc) is 2.41. The molecule has 3 nitrogen and oxygen atoms in total. The highest BCUT2D eigenvalue weighted by molar-refractivity contribution is 6.42. The first-order chi connectivity index (χ1) is 9.45. The van der Waals surface area contributed by atoms with Crippen molar-refractivity contribution in [1.82, 2.24) is 4.57 Å². The highest BCUT2D eigenvalue weighted by Crippen LogP contribution is 2.28. The zero-order valence-electron chi connectivity index (χ0n) is 11.1. The van der Waals surface area contributed by atoms with E-state index in [-0.39, 0.29) is 16.9 Å². The summed E-state index contributed by atoms with van der Waals surface area (Å²) >= 11 is 11.9. The Balaban J connectivity index is 2.68. The van der Waals surface area contributed by atoms with Gasteiger partial charge in [0.1, 0.15) is 0 Å². The van der Waals surface area contributed by atoms with E-state index < -0.39 is 0 Å². The first kappa shape index (κ1) is 14.8. The lowest BCUT2D eigenvalue weighted by molar-refractivity contribution is 0.101. The minimum absolute atomic E-state index is 0.190. The van der Waals surface area contributed by atoms with Crippen molar-refractivity contribution >= 4 is 29.0 Å². The number of nitrogens with zero attached hydrogens (tertiary/aromatic N) is 1. The molecule has 104 valence electrons. The number of benzene rings is 1. The second-order valence-corrected chi connectivity index (χ2v) is 5.18.